The molecule has 7 heteroatoms. The van der Waals surface area contributed by atoms with Gasteiger partial charge >= 0.3 is 5.97 Å². The van der Waals surface area contributed by atoms with Gasteiger partial charge in [0.25, 0.3) is 0 Å². The normalized spacial score (nSPS) is 21.8. The third-order valence-electron chi connectivity index (χ3n) is 4.50. The molecular formula is C18H24FNO4S. The van der Waals surface area contributed by atoms with Crippen LogP contribution in [0.15, 0.2) is 29.2 Å². The maximum atomic E-state index is 12.9. The second-order valence-electron chi connectivity index (χ2n) is 6.55. The summed E-state index contributed by atoms with van der Waals surface area (Å²) in [4.78, 5) is 26.9. The highest BCUT2D eigenvalue weighted by molar-refractivity contribution is 7.99. The van der Waals surface area contributed by atoms with Crippen LogP contribution in [0.4, 0.5) is 4.39 Å². The number of carbonyl (C=O) groups excluding carboxylic acids is 1. The van der Waals surface area contributed by atoms with Gasteiger partial charge in [-0.05, 0) is 37.1 Å². The topological polar surface area (TPSA) is 66.8 Å². The number of carbonyl (C=O) groups is 2. The van der Waals surface area contributed by atoms with Crippen LogP contribution in [0.5, 0.6) is 0 Å². The van der Waals surface area contributed by atoms with Gasteiger partial charge < -0.3 is 14.7 Å². The van der Waals surface area contributed by atoms with E-state index in [1.165, 1.54) is 31.0 Å². The van der Waals surface area contributed by atoms with E-state index in [1.54, 1.807) is 17.0 Å². The SMILES string of the molecule is COCC1(C(=O)O)CCCN(C(=O)C(C)CSc2ccc(F)cc2)C1. The fourth-order valence-corrected chi connectivity index (χ4v) is 4.00. The van der Waals surface area contributed by atoms with E-state index in [9.17, 15) is 19.1 Å². The number of amides is 1. The van der Waals surface area contributed by atoms with E-state index in [-0.39, 0.29) is 30.8 Å². The predicted octanol–water partition coefficient (Wildman–Crippen LogP) is 2.89. The standard InChI is InChI=1S/C18H24FNO4S/c1-13(10-25-15-6-4-14(19)5-7-15)16(21)20-9-3-8-18(11-20,12-24-2)17(22)23/h4-7,13H,3,8-12H2,1-2H3,(H,22,23). The Labute approximate surface area is 151 Å². The number of thioether (sulfide) groups is 1. The number of carboxylic acid groups (broad SMARTS) is 1. The smallest absolute Gasteiger partial charge is 0.313 e. The van der Waals surface area contributed by atoms with Gasteiger partial charge in [-0.15, -0.1) is 11.8 Å². The van der Waals surface area contributed by atoms with Gasteiger partial charge in [0, 0.05) is 36.8 Å². The number of methoxy groups -OCH3 is 1. The van der Waals surface area contributed by atoms with Crippen LogP contribution >= 0.6 is 11.8 Å². The van der Waals surface area contributed by atoms with Crippen molar-refractivity contribution in [1.29, 1.82) is 0 Å². The Morgan fingerprint density at radius 2 is 2.08 bits per heavy atom. The van der Waals surface area contributed by atoms with Crippen molar-refractivity contribution in [2.24, 2.45) is 11.3 Å². The summed E-state index contributed by atoms with van der Waals surface area (Å²) in [5.41, 5.74) is -1.02. The van der Waals surface area contributed by atoms with Crippen LogP contribution in [-0.2, 0) is 14.3 Å². The van der Waals surface area contributed by atoms with Crippen molar-refractivity contribution < 1.29 is 23.8 Å². The summed E-state index contributed by atoms with van der Waals surface area (Å²) in [7, 11) is 1.48. The van der Waals surface area contributed by atoms with Crippen LogP contribution in [0.25, 0.3) is 0 Å². The molecule has 138 valence electrons. The van der Waals surface area contributed by atoms with Gasteiger partial charge in [-0.1, -0.05) is 6.92 Å². The number of aliphatic carboxylic acids is 1. The Balaban J connectivity index is 1.96. The zero-order valence-electron chi connectivity index (χ0n) is 14.5. The Morgan fingerprint density at radius 3 is 2.68 bits per heavy atom. The molecule has 1 aliphatic rings. The lowest BCUT2D eigenvalue weighted by Crippen LogP contribution is -2.53. The summed E-state index contributed by atoms with van der Waals surface area (Å²) < 4.78 is 18.0. The van der Waals surface area contributed by atoms with Crippen molar-refractivity contribution in [3.63, 3.8) is 0 Å². The zero-order valence-corrected chi connectivity index (χ0v) is 15.4. The predicted molar refractivity (Wildman–Crippen MR) is 94.0 cm³/mol. The molecule has 0 spiro atoms. The number of hydrogen-bond donors (Lipinski definition) is 1. The van der Waals surface area contributed by atoms with Crippen molar-refractivity contribution in [2.45, 2.75) is 24.7 Å². The maximum absolute atomic E-state index is 12.9. The van der Waals surface area contributed by atoms with E-state index in [4.69, 9.17) is 4.74 Å². The van der Waals surface area contributed by atoms with Crippen molar-refractivity contribution in [1.82, 2.24) is 4.90 Å². The molecule has 1 amide bonds. The third-order valence-corrected chi connectivity index (χ3v) is 5.77. The van der Waals surface area contributed by atoms with Gasteiger partial charge in [0.15, 0.2) is 0 Å². The van der Waals surface area contributed by atoms with Crippen LogP contribution < -0.4 is 0 Å². The Morgan fingerprint density at radius 1 is 1.40 bits per heavy atom. The average molecular weight is 369 g/mol. The van der Waals surface area contributed by atoms with Crippen molar-refractivity contribution >= 4 is 23.6 Å². The van der Waals surface area contributed by atoms with Crippen LogP contribution in [0.3, 0.4) is 0 Å². The minimum Gasteiger partial charge on any atom is -0.481 e. The van der Waals surface area contributed by atoms with Crippen molar-refractivity contribution in [3.05, 3.63) is 30.1 Å². The molecule has 2 rings (SSSR count). The lowest BCUT2D eigenvalue weighted by atomic mass is 9.80. The lowest BCUT2D eigenvalue weighted by molar-refractivity contribution is -0.159. The summed E-state index contributed by atoms with van der Waals surface area (Å²) in [6.45, 7) is 2.70. The molecule has 1 heterocycles. The molecule has 1 fully saturated rings. The molecule has 1 aliphatic heterocycles. The molecule has 0 radical (unpaired) electrons. The fraction of sp³-hybridized carbons (Fsp3) is 0.556. The Kier molecular flexibility index (Phi) is 6.84. The number of ether oxygens (including phenoxy) is 1. The van der Waals surface area contributed by atoms with Gasteiger partial charge in [0.1, 0.15) is 11.2 Å². The number of likely N-dealkylation sites (tertiary alicyclic amines) is 1. The highest BCUT2D eigenvalue weighted by Gasteiger charge is 2.44. The summed E-state index contributed by atoms with van der Waals surface area (Å²) >= 11 is 1.49. The third kappa shape index (κ3) is 4.95. The molecule has 1 aromatic rings. The Hall–Kier alpha value is -1.60. The molecule has 1 N–H and O–H groups in total. The summed E-state index contributed by atoms with van der Waals surface area (Å²) in [6, 6.07) is 6.16. The highest BCUT2D eigenvalue weighted by Crippen LogP contribution is 2.32. The average Bonchev–Trinajstić information content (AvgIpc) is 2.60. The molecule has 1 saturated heterocycles. The number of benzene rings is 1. The number of hydrogen-bond acceptors (Lipinski definition) is 4. The first kappa shape index (κ1) is 19.7. The van der Waals surface area contributed by atoms with E-state index in [1.807, 2.05) is 6.92 Å². The highest BCUT2D eigenvalue weighted by atomic mass is 32.2. The van der Waals surface area contributed by atoms with Crippen LogP contribution in [0.1, 0.15) is 19.8 Å². The minimum absolute atomic E-state index is 0.0453. The zero-order chi connectivity index (χ0) is 18.4. The largest absolute Gasteiger partial charge is 0.481 e. The minimum atomic E-state index is -1.02. The van der Waals surface area contributed by atoms with Gasteiger partial charge in [-0.2, -0.15) is 0 Å². The maximum Gasteiger partial charge on any atom is 0.313 e. The second-order valence-corrected chi connectivity index (χ2v) is 7.64. The van der Waals surface area contributed by atoms with E-state index in [2.05, 4.69) is 0 Å². The number of carboxylic acids is 1. The first-order valence-electron chi connectivity index (χ1n) is 8.27. The molecule has 25 heavy (non-hydrogen) atoms. The number of rotatable bonds is 7. The molecule has 0 saturated carbocycles. The molecule has 5 nitrogen and oxygen atoms in total. The lowest BCUT2D eigenvalue weighted by Gasteiger charge is -2.40. The molecule has 0 aliphatic carbocycles. The van der Waals surface area contributed by atoms with Crippen molar-refractivity contribution in [3.8, 4) is 0 Å². The first-order valence-corrected chi connectivity index (χ1v) is 9.26. The fourth-order valence-electron chi connectivity index (χ4n) is 3.09. The Bertz CT molecular complexity index is 606. The van der Waals surface area contributed by atoms with Gasteiger partial charge in [-0.3, -0.25) is 9.59 Å². The van der Waals surface area contributed by atoms with Gasteiger partial charge in [-0.25, -0.2) is 4.39 Å². The van der Waals surface area contributed by atoms with E-state index in [0.29, 0.717) is 25.1 Å². The molecule has 1 aromatic carbocycles. The monoisotopic (exact) mass is 369 g/mol. The number of halogens is 1. The summed E-state index contributed by atoms with van der Waals surface area (Å²) in [6.07, 6.45) is 1.16. The van der Waals surface area contributed by atoms with E-state index < -0.39 is 11.4 Å². The molecule has 2 atom stereocenters. The van der Waals surface area contributed by atoms with Crippen LogP contribution in [0, 0.1) is 17.2 Å². The van der Waals surface area contributed by atoms with Crippen LogP contribution in [-0.4, -0.2) is 54.4 Å². The van der Waals surface area contributed by atoms with Gasteiger partial charge in [0.05, 0.1) is 6.61 Å². The molecule has 2 unspecified atom stereocenters. The molecular weight excluding hydrogens is 345 g/mol. The second kappa shape index (κ2) is 8.67. The number of piperidine rings is 1. The van der Waals surface area contributed by atoms with E-state index >= 15 is 0 Å². The molecule has 0 aromatic heterocycles. The van der Waals surface area contributed by atoms with Gasteiger partial charge in [0.2, 0.25) is 5.91 Å². The van der Waals surface area contributed by atoms with Crippen molar-refractivity contribution in [2.75, 3.05) is 32.6 Å². The quantitative estimate of drug-likeness (QED) is 0.749. The first-order chi connectivity index (χ1) is 11.9. The number of nitrogens with zero attached hydrogens (tertiary/aromatic N) is 1. The summed E-state index contributed by atoms with van der Waals surface area (Å²) in [5.74, 6) is -0.936. The molecule has 0 bridgehead atoms. The van der Waals surface area contributed by atoms with E-state index in [0.717, 1.165) is 4.90 Å². The summed E-state index contributed by atoms with van der Waals surface area (Å²) in [5, 5.41) is 9.58. The van der Waals surface area contributed by atoms with Crippen LogP contribution in [0.2, 0.25) is 0 Å².